The summed E-state index contributed by atoms with van der Waals surface area (Å²) in [4.78, 5) is 11.6. The molecule has 0 saturated heterocycles. The highest BCUT2D eigenvalue weighted by Crippen LogP contribution is 2.14. The topological polar surface area (TPSA) is 64.1 Å². The monoisotopic (exact) mass is 295 g/mol. The Morgan fingerprint density at radius 2 is 2.30 bits per heavy atom. The molecule has 0 radical (unpaired) electrons. The lowest BCUT2D eigenvalue weighted by atomic mass is 10.3. The molecule has 2 aromatic rings. The predicted molar refractivity (Wildman–Crippen MR) is 74.4 cm³/mol. The van der Waals surface area contributed by atoms with Gasteiger partial charge in [0, 0.05) is 12.5 Å². The summed E-state index contributed by atoms with van der Waals surface area (Å²) in [6, 6.07) is 5.91. The van der Waals surface area contributed by atoms with Crippen molar-refractivity contribution in [3.05, 3.63) is 35.1 Å². The normalized spacial score (nSPS) is 10.3. The average molecular weight is 295 g/mol. The zero-order valence-electron chi connectivity index (χ0n) is 10.9. The summed E-state index contributed by atoms with van der Waals surface area (Å²) in [6.45, 7) is 2.17. The van der Waals surface area contributed by atoms with E-state index < -0.39 is 0 Å². The van der Waals surface area contributed by atoms with Gasteiger partial charge in [0.1, 0.15) is 16.6 Å². The van der Waals surface area contributed by atoms with Crippen LogP contribution >= 0.6 is 11.3 Å². The van der Waals surface area contributed by atoms with Crippen molar-refractivity contribution in [1.29, 1.82) is 0 Å². The molecule has 0 atom stereocenters. The van der Waals surface area contributed by atoms with E-state index >= 15 is 0 Å². The summed E-state index contributed by atoms with van der Waals surface area (Å²) in [7, 11) is 0. The van der Waals surface area contributed by atoms with Gasteiger partial charge in [0.2, 0.25) is 11.0 Å². The fraction of sp³-hybridized carbons (Fsp3) is 0.308. The summed E-state index contributed by atoms with van der Waals surface area (Å²) in [6.07, 6.45) is 0.855. The van der Waals surface area contributed by atoms with E-state index in [4.69, 9.17) is 4.74 Å². The fourth-order valence-corrected chi connectivity index (χ4v) is 2.12. The van der Waals surface area contributed by atoms with E-state index in [-0.39, 0.29) is 11.7 Å². The third-order valence-corrected chi connectivity index (χ3v) is 3.14. The summed E-state index contributed by atoms with van der Waals surface area (Å²) in [5, 5.41) is 11.6. The van der Waals surface area contributed by atoms with Gasteiger partial charge >= 0.3 is 0 Å². The molecule has 20 heavy (non-hydrogen) atoms. The standard InChI is InChI=1S/C13H14FN3O2S/c1-9-16-17-13(20-9)15-12(18)6-3-7-19-11-5-2-4-10(14)8-11/h2,4-5,8H,3,6-7H2,1H3,(H,15,17,18). The molecule has 0 spiro atoms. The molecule has 1 aromatic carbocycles. The Bertz CT molecular complexity index is 589. The maximum absolute atomic E-state index is 12.9. The zero-order valence-corrected chi connectivity index (χ0v) is 11.7. The van der Waals surface area contributed by atoms with Crippen molar-refractivity contribution in [2.75, 3.05) is 11.9 Å². The number of nitrogens with zero attached hydrogens (tertiary/aromatic N) is 2. The van der Waals surface area contributed by atoms with Crippen LogP contribution in [-0.4, -0.2) is 22.7 Å². The first kappa shape index (κ1) is 14.4. The maximum atomic E-state index is 12.9. The van der Waals surface area contributed by atoms with Crippen molar-refractivity contribution in [2.24, 2.45) is 0 Å². The lowest BCUT2D eigenvalue weighted by molar-refractivity contribution is -0.116. The largest absolute Gasteiger partial charge is 0.493 e. The number of anilines is 1. The van der Waals surface area contributed by atoms with E-state index in [1.807, 2.05) is 6.92 Å². The Balaban J connectivity index is 1.67. The molecule has 106 valence electrons. The predicted octanol–water partition coefficient (Wildman–Crippen LogP) is 2.78. The van der Waals surface area contributed by atoms with Crippen LogP contribution in [0.5, 0.6) is 5.75 Å². The van der Waals surface area contributed by atoms with E-state index in [0.717, 1.165) is 5.01 Å². The van der Waals surface area contributed by atoms with Crippen molar-refractivity contribution in [1.82, 2.24) is 10.2 Å². The number of nitrogens with one attached hydrogen (secondary N) is 1. The Morgan fingerprint density at radius 3 is 3.00 bits per heavy atom. The minimum Gasteiger partial charge on any atom is -0.493 e. The summed E-state index contributed by atoms with van der Waals surface area (Å²) < 4.78 is 18.2. The number of rotatable bonds is 6. The average Bonchev–Trinajstić information content (AvgIpc) is 2.80. The van der Waals surface area contributed by atoms with E-state index in [1.165, 1.54) is 23.5 Å². The quantitative estimate of drug-likeness (QED) is 0.832. The van der Waals surface area contributed by atoms with Gasteiger partial charge in [-0.05, 0) is 25.5 Å². The van der Waals surface area contributed by atoms with Crippen molar-refractivity contribution in [2.45, 2.75) is 19.8 Å². The molecule has 1 aromatic heterocycles. The molecular weight excluding hydrogens is 281 g/mol. The summed E-state index contributed by atoms with van der Waals surface area (Å²) in [5.41, 5.74) is 0. The highest BCUT2D eigenvalue weighted by Gasteiger charge is 2.06. The van der Waals surface area contributed by atoms with E-state index in [1.54, 1.807) is 12.1 Å². The van der Waals surface area contributed by atoms with Crippen LogP contribution in [0, 0.1) is 12.7 Å². The number of carbonyl (C=O) groups is 1. The van der Waals surface area contributed by atoms with Gasteiger partial charge in [-0.2, -0.15) is 0 Å². The second kappa shape index (κ2) is 6.95. The second-order valence-corrected chi connectivity index (χ2v) is 5.27. The lowest BCUT2D eigenvalue weighted by Gasteiger charge is -2.05. The van der Waals surface area contributed by atoms with Gasteiger partial charge in [0.25, 0.3) is 0 Å². The van der Waals surface area contributed by atoms with Gasteiger partial charge < -0.3 is 10.1 Å². The Hall–Kier alpha value is -2.02. The van der Waals surface area contributed by atoms with Crippen LogP contribution in [0.1, 0.15) is 17.8 Å². The maximum Gasteiger partial charge on any atom is 0.226 e. The molecule has 0 fully saturated rings. The Kier molecular flexibility index (Phi) is 5.00. The third-order valence-electron chi connectivity index (χ3n) is 2.39. The molecule has 1 N–H and O–H groups in total. The number of halogens is 1. The van der Waals surface area contributed by atoms with Gasteiger partial charge in [-0.25, -0.2) is 4.39 Å². The van der Waals surface area contributed by atoms with Gasteiger partial charge in [0.05, 0.1) is 6.61 Å². The van der Waals surface area contributed by atoms with Gasteiger partial charge in [0.15, 0.2) is 0 Å². The van der Waals surface area contributed by atoms with Crippen molar-refractivity contribution in [3.8, 4) is 5.75 Å². The van der Waals surface area contributed by atoms with E-state index in [0.29, 0.717) is 30.3 Å². The number of amides is 1. The Morgan fingerprint density at radius 1 is 1.45 bits per heavy atom. The van der Waals surface area contributed by atoms with Crippen molar-refractivity contribution < 1.29 is 13.9 Å². The molecule has 1 heterocycles. The minimum atomic E-state index is -0.341. The number of hydrogen-bond donors (Lipinski definition) is 1. The minimum absolute atomic E-state index is 0.135. The zero-order chi connectivity index (χ0) is 14.4. The van der Waals surface area contributed by atoms with Crippen molar-refractivity contribution in [3.63, 3.8) is 0 Å². The molecule has 5 nitrogen and oxygen atoms in total. The van der Waals surface area contributed by atoms with Crippen molar-refractivity contribution >= 4 is 22.4 Å². The van der Waals surface area contributed by atoms with Crippen LogP contribution < -0.4 is 10.1 Å². The van der Waals surface area contributed by atoms with Gasteiger partial charge in [-0.15, -0.1) is 10.2 Å². The number of carbonyl (C=O) groups excluding carboxylic acids is 1. The number of hydrogen-bond acceptors (Lipinski definition) is 5. The molecule has 0 unspecified atom stereocenters. The van der Waals surface area contributed by atoms with Crippen LogP contribution in [0.2, 0.25) is 0 Å². The molecule has 0 bridgehead atoms. The second-order valence-electron chi connectivity index (χ2n) is 4.08. The van der Waals surface area contributed by atoms with Gasteiger partial charge in [-0.1, -0.05) is 17.4 Å². The molecule has 7 heteroatoms. The fourth-order valence-electron chi connectivity index (χ4n) is 1.51. The molecule has 0 aliphatic carbocycles. The summed E-state index contributed by atoms with van der Waals surface area (Å²) in [5.74, 6) is -0.0129. The molecular formula is C13H14FN3O2S. The van der Waals surface area contributed by atoms with Gasteiger partial charge in [-0.3, -0.25) is 4.79 Å². The smallest absolute Gasteiger partial charge is 0.226 e. The molecule has 0 saturated carbocycles. The SMILES string of the molecule is Cc1nnc(NC(=O)CCCOc2cccc(F)c2)s1. The first-order valence-corrected chi connectivity index (χ1v) is 6.93. The van der Waals surface area contributed by atoms with E-state index in [9.17, 15) is 9.18 Å². The van der Waals surface area contributed by atoms with Crippen LogP contribution in [0.3, 0.4) is 0 Å². The Labute approximate surface area is 119 Å². The van der Waals surface area contributed by atoms with Crippen LogP contribution in [-0.2, 0) is 4.79 Å². The number of ether oxygens (including phenoxy) is 1. The van der Waals surface area contributed by atoms with E-state index in [2.05, 4.69) is 15.5 Å². The molecule has 0 aliphatic heterocycles. The third kappa shape index (κ3) is 4.58. The highest BCUT2D eigenvalue weighted by molar-refractivity contribution is 7.15. The molecule has 0 aliphatic rings. The summed E-state index contributed by atoms with van der Waals surface area (Å²) >= 11 is 1.33. The van der Waals surface area contributed by atoms with Crippen LogP contribution in [0.25, 0.3) is 0 Å². The number of benzene rings is 1. The molecule has 2 rings (SSSR count). The first-order valence-electron chi connectivity index (χ1n) is 6.12. The number of aromatic nitrogens is 2. The molecule has 1 amide bonds. The highest BCUT2D eigenvalue weighted by atomic mass is 32.1. The lowest BCUT2D eigenvalue weighted by Crippen LogP contribution is -2.12. The first-order chi connectivity index (χ1) is 9.63. The number of aryl methyl sites for hydroxylation is 1. The van der Waals surface area contributed by atoms with Crippen LogP contribution in [0.15, 0.2) is 24.3 Å². The van der Waals surface area contributed by atoms with Crippen LogP contribution in [0.4, 0.5) is 9.52 Å².